The van der Waals surface area contributed by atoms with Crippen LogP contribution in [0.4, 0.5) is 0 Å². The predicted octanol–water partition coefficient (Wildman–Crippen LogP) is 3.70. The van der Waals surface area contributed by atoms with Crippen molar-refractivity contribution in [2.45, 2.75) is 6.54 Å². The van der Waals surface area contributed by atoms with Gasteiger partial charge in [-0.05, 0) is 41.5 Å². The van der Waals surface area contributed by atoms with Crippen LogP contribution < -0.4 is 19.5 Å². The first-order valence-corrected chi connectivity index (χ1v) is 7.95. The fraction of sp³-hybridized carbons (Fsp3) is 0.211. The monoisotopic (exact) mass is 361 g/mol. The van der Waals surface area contributed by atoms with Gasteiger partial charge in [-0.15, -0.1) is 0 Å². The second kappa shape index (κ2) is 8.99. The van der Waals surface area contributed by atoms with Gasteiger partial charge in [0.25, 0.3) is 0 Å². The maximum Gasteiger partial charge on any atom is 0.244 e. The van der Waals surface area contributed by atoms with E-state index >= 15 is 0 Å². The van der Waals surface area contributed by atoms with Gasteiger partial charge in [-0.3, -0.25) is 4.79 Å². The van der Waals surface area contributed by atoms with Crippen LogP contribution in [0.5, 0.6) is 17.2 Å². The van der Waals surface area contributed by atoms with Crippen molar-refractivity contribution in [1.29, 1.82) is 0 Å². The number of ether oxygens (including phenoxy) is 3. The summed E-state index contributed by atoms with van der Waals surface area (Å²) in [6.07, 6.45) is 3.14. The zero-order valence-corrected chi connectivity index (χ0v) is 15.1. The predicted molar refractivity (Wildman–Crippen MR) is 98.4 cm³/mol. The Hall–Kier alpha value is -2.66. The van der Waals surface area contributed by atoms with E-state index in [9.17, 15) is 4.79 Å². The summed E-state index contributed by atoms with van der Waals surface area (Å²) in [6, 6.07) is 10.8. The van der Waals surface area contributed by atoms with E-state index in [2.05, 4.69) is 5.32 Å². The number of carbonyl (C=O) groups is 1. The first-order chi connectivity index (χ1) is 12.1. The molecule has 25 heavy (non-hydrogen) atoms. The highest BCUT2D eigenvalue weighted by atomic mass is 35.5. The Bertz CT molecular complexity index is 732. The lowest BCUT2D eigenvalue weighted by Crippen LogP contribution is -2.20. The van der Waals surface area contributed by atoms with Gasteiger partial charge < -0.3 is 19.5 Å². The molecule has 0 unspecified atom stereocenters. The van der Waals surface area contributed by atoms with Gasteiger partial charge in [0.05, 0.1) is 21.3 Å². The Morgan fingerprint density at radius 3 is 2.16 bits per heavy atom. The Morgan fingerprint density at radius 2 is 1.64 bits per heavy atom. The molecule has 0 heterocycles. The highest BCUT2D eigenvalue weighted by molar-refractivity contribution is 6.30. The molecule has 132 valence electrons. The van der Waals surface area contributed by atoms with Gasteiger partial charge in [0, 0.05) is 17.6 Å². The first kappa shape index (κ1) is 18.7. The van der Waals surface area contributed by atoms with Gasteiger partial charge in [0.15, 0.2) is 11.5 Å². The van der Waals surface area contributed by atoms with Crippen LogP contribution in [-0.2, 0) is 11.3 Å². The van der Waals surface area contributed by atoms with Gasteiger partial charge in [-0.25, -0.2) is 0 Å². The molecule has 0 aliphatic carbocycles. The molecule has 0 bridgehead atoms. The Balaban J connectivity index is 2.05. The highest BCUT2D eigenvalue weighted by Crippen LogP contribution is 2.38. The summed E-state index contributed by atoms with van der Waals surface area (Å²) in [6.45, 7) is 0.426. The number of methoxy groups -OCH3 is 3. The number of carbonyl (C=O) groups excluding carboxylic acids is 1. The van der Waals surface area contributed by atoms with Crippen LogP contribution in [0.15, 0.2) is 42.5 Å². The summed E-state index contributed by atoms with van der Waals surface area (Å²) < 4.78 is 15.9. The van der Waals surface area contributed by atoms with Crippen LogP contribution in [-0.4, -0.2) is 27.2 Å². The molecule has 0 saturated heterocycles. The van der Waals surface area contributed by atoms with Gasteiger partial charge in [-0.2, -0.15) is 0 Å². The highest BCUT2D eigenvalue weighted by Gasteiger charge is 2.12. The lowest BCUT2D eigenvalue weighted by molar-refractivity contribution is -0.116. The summed E-state index contributed by atoms with van der Waals surface area (Å²) in [4.78, 5) is 12.0. The van der Waals surface area contributed by atoms with Crippen LogP contribution in [0, 0.1) is 0 Å². The molecule has 0 saturated carbocycles. The smallest absolute Gasteiger partial charge is 0.244 e. The number of nitrogens with one attached hydrogen (secondary N) is 1. The number of amides is 1. The van der Waals surface area contributed by atoms with E-state index < -0.39 is 0 Å². The van der Waals surface area contributed by atoms with E-state index in [1.165, 1.54) is 6.08 Å². The fourth-order valence-corrected chi connectivity index (χ4v) is 2.35. The largest absolute Gasteiger partial charge is 0.493 e. The van der Waals surface area contributed by atoms with Crippen LogP contribution in [0.3, 0.4) is 0 Å². The lowest BCUT2D eigenvalue weighted by Gasteiger charge is -2.12. The third-order valence-corrected chi connectivity index (χ3v) is 3.75. The molecule has 0 radical (unpaired) electrons. The molecule has 0 aromatic heterocycles. The molecule has 5 nitrogen and oxygen atoms in total. The van der Waals surface area contributed by atoms with Crippen molar-refractivity contribution in [2.75, 3.05) is 21.3 Å². The molecule has 0 fully saturated rings. The summed E-state index contributed by atoms with van der Waals surface area (Å²) in [5.74, 6) is 1.36. The maximum atomic E-state index is 12.0. The van der Waals surface area contributed by atoms with Crippen LogP contribution in [0.1, 0.15) is 11.1 Å². The Labute approximate surface area is 152 Å². The summed E-state index contributed by atoms with van der Waals surface area (Å²) in [7, 11) is 4.63. The van der Waals surface area contributed by atoms with Crippen molar-refractivity contribution >= 4 is 23.6 Å². The molecule has 0 spiro atoms. The van der Waals surface area contributed by atoms with Gasteiger partial charge in [0.2, 0.25) is 11.7 Å². The minimum Gasteiger partial charge on any atom is -0.493 e. The zero-order chi connectivity index (χ0) is 18.2. The van der Waals surface area contributed by atoms with Crippen molar-refractivity contribution in [3.63, 3.8) is 0 Å². The molecule has 2 rings (SSSR count). The SMILES string of the molecule is COc1cc(C=CC(=O)NCc2ccc(Cl)cc2)cc(OC)c1OC. The van der Waals surface area contributed by atoms with E-state index in [1.807, 2.05) is 12.1 Å². The molecule has 0 aliphatic heterocycles. The summed E-state index contributed by atoms with van der Waals surface area (Å²) >= 11 is 5.84. The lowest BCUT2D eigenvalue weighted by atomic mass is 10.1. The van der Waals surface area contributed by atoms with E-state index in [4.69, 9.17) is 25.8 Å². The molecule has 1 amide bonds. The Kier molecular flexibility index (Phi) is 6.71. The average molecular weight is 362 g/mol. The molecule has 0 aliphatic rings. The number of rotatable bonds is 7. The van der Waals surface area contributed by atoms with E-state index in [-0.39, 0.29) is 5.91 Å². The van der Waals surface area contributed by atoms with Crippen molar-refractivity contribution in [3.8, 4) is 17.2 Å². The third kappa shape index (κ3) is 5.16. The van der Waals surface area contributed by atoms with Crippen molar-refractivity contribution in [2.24, 2.45) is 0 Å². The Morgan fingerprint density at radius 1 is 1.04 bits per heavy atom. The quantitative estimate of drug-likeness (QED) is 0.764. The van der Waals surface area contributed by atoms with Crippen molar-refractivity contribution in [1.82, 2.24) is 5.32 Å². The average Bonchev–Trinajstić information content (AvgIpc) is 2.64. The van der Waals surface area contributed by atoms with E-state index in [1.54, 1.807) is 51.7 Å². The molecular formula is C19H20ClNO4. The van der Waals surface area contributed by atoms with Crippen molar-refractivity contribution < 1.29 is 19.0 Å². The molecule has 2 aromatic rings. The van der Waals surface area contributed by atoms with Gasteiger partial charge >= 0.3 is 0 Å². The summed E-state index contributed by atoms with van der Waals surface area (Å²) in [5.41, 5.74) is 1.73. The van der Waals surface area contributed by atoms with Crippen molar-refractivity contribution in [3.05, 3.63) is 58.6 Å². The standard InChI is InChI=1S/C19H20ClNO4/c1-23-16-10-14(11-17(24-2)19(16)25-3)6-9-18(22)21-12-13-4-7-15(20)8-5-13/h4-11H,12H2,1-3H3,(H,21,22). The topological polar surface area (TPSA) is 56.8 Å². The normalized spacial score (nSPS) is 10.6. The van der Waals surface area contributed by atoms with E-state index in [0.29, 0.717) is 28.8 Å². The van der Waals surface area contributed by atoms with Crippen LogP contribution in [0.2, 0.25) is 5.02 Å². The van der Waals surface area contributed by atoms with E-state index in [0.717, 1.165) is 11.1 Å². The van der Waals surface area contributed by atoms with Crippen LogP contribution >= 0.6 is 11.6 Å². The number of halogens is 1. The first-order valence-electron chi connectivity index (χ1n) is 7.57. The molecule has 2 aromatic carbocycles. The third-order valence-electron chi connectivity index (χ3n) is 3.49. The summed E-state index contributed by atoms with van der Waals surface area (Å²) in [5, 5.41) is 3.48. The number of benzene rings is 2. The maximum absolute atomic E-state index is 12.0. The second-order valence-electron chi connectivity index (χ2n) is 5.14. The minimum atomic E-state index is -0.205. The fourth-order valence-electron chi connectivity index (χ4n) is 2.22. The van der Waals surface area contributed by atoms with Gasteiger partial charge in [-0.1, -0.05) is 23.7 Å². The molecular weight excluding hydrogens is 342 g/mol. The molecule has 1 N–H and O–H groups in total. The zero-order valence-electron chi connectivity index (χ0n) is 14.3. The number of hydrogen-bond donors (Lipinski definition) is 1. The second-order valence-corrected chi connectivity index (χ2v) is 5.57. The molecule has 0 atom stereocenters. The minimum absolute atomic E-state index is 0.205. The molecule has 6 heteroatoms. The number of hydrogen-bond acceptors (Lipinski definition) is 4. The van der Waals surface area contributed by atoms with Crippen LogP contribution in [0.25, 0.3) is 6.08 Å². The van der Waals surface area contributed by atoms with Gasteiger partial charge in [0.1, 0.15) is 0 Å².